The molecule has 0 radical (unpaired) electrons. The Morgan fingerprint density at radius 2 is 1.89 bits per heavy atom. The highest BCUT2D eigenvalue weighted by atomic mass is 16.5. The molecule has 18 heavy (non-hydrogen) atoms. The second kappa shape index (κ2) is 5.89. The van der Waals surface area contributed by atoms with Gasteiger partial charge in [0.15, 0.2) is 0 Å². The van der Waals surface area contributed by atoms with E-state index in [2.05, 4.69) is 10.2 Å². The number of rotatable bonds is 2. The van der Waals surface area contributed by atoms with Crippen LogP contribution >= 0.6 is 0 Å². The molecule has 0 bridgehead atoms. The SMILES string of the molecule is C1CNC2(CCCC2)CN(CC2CCOCC2)C1. The summed E-state index contributed by atoms with van der Waals surface area (Å²) in [7, 11) is 0. The Kier molecular flexibility index (Phi) is 4.22. The lowest BCUT2D eigenvalue weighted by molar-refractivity contribution is 0.0498. The second-order valence-electron chi connectivity index (χ2n) is 6.56. The van der Waals surface area contributed by atoms with Crippen molar-refractivity contribution < 1.29 is 4.74 Å². The molecule has 3 nitrogen and oxygen atoms in total. The van der Waals surface area contributed by atoms with Crippen LogP contribution in [0.3, 0.4) is 0 Å². The van der Waals surface area contributed by atoms with E-state index in [4.69, 9.17) is 4.74 Å². The van der Waals surface area contributed by atoms with Crippen LogP contribution in [0.15, 0.2) is 0 Å². The summed E-state index contributed by atoms with van der Waals surface area (Å²) in [5.74, 6) is 0.885. The molecular formula is C15H28N2O. The zero-order chi connectivity index (χ0) is 12.3. The van der Waals surface area contributed by atoms with E-state index in [-0.39, 0.29) is 0 Å². The normalized spacial score (nSPS) is 30.7. The highest BCUT2D eigenvalue weighted by Gasteiger charge is 2.36. The molecule has 0 atom stereocenters. The van der Waals surface area contributed by atoms with E-state index in [9.17, 15) is 0 Å². The molecule has 2 saturated heterocycles. The van der Waals surface area contributed by atoms with Crippen molar-refractivity contribution in [2.75, 3.05) is 39.4 Å². The molecular weight excluding hydrogens is 224 g/mol. The van der Waals surface area contributed by atoms with Crippen molar-refractivity contribution in [1.29, 1.82) is 0 Å². The highest BCUT2D eigenvalue weighted by Crippen LogP contribution is 2.32. The summed E-state index contributed by atoms with van der Waals surface area (Å²) in [4.78, 5) is 2.75. The summed E-state index contributed by atoms with van der Waals surface area (Å²) in [6, 6.07) is 0. The minimum atomic E-state index is 0.474. The van der Waals surface area contributed by atoms with Crippen LogP contribution in [0.1, 0.15) is 44.9 Å². The van der Waals surface area contributed by atoms with Gasteiger partial charge in [0.25, 0.3) is 0 Å². The third kappa shape index (κ3) is 3.06. The monoisotopic (exact) mass is 252 g/mol. The van der Waals surface area contributed by atoms with Gasteiger partial charge in [-0.15, -0.1) is 0 Å². The summed E-state index contributed by atoms with van der Waals surface area (Å²) in [6.07, 6.45) is 9.53. The fourth-order valence-corrected chi connectivity index (χ4v) is 4.06. The lowest BCUT2D eigenvalue weighted by Gasteiger charge is -2.35. The molecule has 0 unspecified atom stereocenters. The number of hydrogen-bond donors (Lipinski definition) is 1. The molecule has 1 aliphatic carbocycles. The first-order valence-corrected chi connectivity index (χ1v) is 7.91. The quantitative estimate of drug-likeness (QED) is 0.814. The zero-order valence-electron chi connectivity index (χ0n) is 11.6. The van der Waals surface area contributed by atoms with Gasteiger partial charge in [-0.1, -0.05) is 12.8 Å². The van der Waals surface area contributed by atoms with Gasteiger partial charge in [0.2, 0.25) is 0 Å². The Morgan fingerprint density at radius 3 is 2.67 bits per heavy atom. The summed E-state index contributed by atoms with van der Waals surface area (Å²) in [5.41, 5.74) is 0.474. The summed E-state index contributed by atoms with van der Waals surface area (Å²) in [6.45, 7) is 7.11. The third-order valence-corrected chi connectivity index (χ3v) is 5.10. The van der Waals surface area contributed by atoms with E-state index in [1.54, 1.807) is 0 Å². The standard InChI is InChI=1S/C15H28N2O/c1-2-7-15(6-1)13-17(9-3-8-16-15)12-14-4-10-18-11-5-14/h14,16H,1-13H2. The summed E-state index contributed by atoms with van der Waals surface area (Å²) < 4.78 is 5.48. The summed E-state index contributed by atoms with van der Waals surface area (Å²) in [5, 5.41) is 3.86. The maximum Gasteiger partial charge on any atom is 0.0469 e. The number of nitrogens with zero attached hydrogens (tertiary/aromatic N) is 1. The molecule has 0 amide bonds. The first-order valence-electron chi connectivity index (χ1n) is 7.91. The molecule has 0 aromatic rings. The second-order valence-corrected chi connectivity index (χ2v) is 6.56. The van der Waals surface area contributed by atoms with Crippen LogP contribution in [-0.2, 0) is 4.74 Å². The van der Waals surface area contributed by atoms with Crippen molar-refractivity contribution in [2.45, 2.75) is 50.5 Å². The predicted octanol–water partition coefficient (Wildman–Crippen LogP) is 2.02. The van der Waals surface area contributed by atoms with Crippen molar-refractivity contribution in [3.8, 4) is 0 Å². The van der Waals surface area contributed by atoms with Crippen molar-refractivity contribution in [3.05, 3.63) is 0 Å². The zero-order valence-corrected chi connectivity index (χ0v) is 11.6. The van der Waals surface area contributed by atoms with Crippen molar-refractivity contribution in [2.24, 2.45) is 5.92 Å². The Labute approximate surface area is 111 Å². The maximum atomic E-state index is 5.48. The van der Waals surface area contributed by atoms with Gasteiger partial charge in [0.05, 0.1) is 0 Å². The molecule has 3 fully saturated rings. The van der Waals surface area contributed by atoms with E-state index < -0.39 is 0 Å². The van der Waals surface area contributed by atoms with Crippen LogP contribution in [0.4, 0.5) is 0 Å². The average molecular weight is 252 g/mol. The average Bonchev–Trinajstić information content (AvgIpc) is 2.75. The van der Waals surface area contributed by atoms with Gasteiger partial charge in [-0.25, -0.2) is 0 Å². The molecule has 1 saturated carbocycles. The minimum Gasteiger partial charge on any atom is -0.381 e. The van der Waals surface area contributed by atoms with E-state index in [1.165, 1.54) is 71.1 Å². The Hall–Kier alpha value is -0.120. The van der Waals surface area contributed by atoms with Gasteiger partial charge in [0, 0.05) is 31.8 Å². The molecule has 1 N–H and O–H groups in total. The molecule has 2 aliphatic heterocycles. The maximum absolute atomic E-state index is 5.48. The molecule has 104 valence electrons. The smallest absolute Gasteiger partial charge is 0.0469 e. The fraction of sp³-hybridized carbons (Fsp3) is 1.00. The van der Waals surface area contributed by atoms with Gasteiger partial charge in [-0.05, 0) is 51.1 Å². The molecule has 0 aromatic carbocycles. The largest absolute Gasteiger partial charge is 0.381 e. The van der Waals surface area contributed by atoms with E-state index in [0.29, 0.717) is 5.54 Å². The van der Waals surface area contributed by atoms with Gasteiger partial charge < -0.3 is 15.0 Å². The van der Waals surface area contributed by atoms with Crippen molar-refractivity contribution >= 4 is 0 Å². The molecule has 1 spiro atoms. The van der Waals surface area contributed by atoms with Gasteiger partial charge in [0.1, 0.15) is 0 Å². The van der Waals surface area contributed by atoms with Crippen molar-refractivity contribution in [1.82, 2.24) is 10.2 Å². The van der Waals surface area contributed by atoms with E-state index in [0.717, 1.165) is 19.1 Å². The Balaban J connectivity index is 1.56. The van der Waals surface area contributed by atoms with Crippen LogP contribution in [0, 0.1) is 5.92 Å². The third-order valence-electron chi connectivity index (χ3n) is 5.10. The number of ether oxygens (including phenoxy) is 1. The van der Waals surface area contributed by atoms with Crippen molar-refractivity contribution in [3.63, 3.8) is 0 Å². The van der Waals surface area contributed by atoms with Crippen LogP contribution in [0.2, 0.25) is 0 Å². The fourth-order valence-electron chi connectivity index (χ4n) is 4.06. The summed E-state index contributed by atoms with van der Waals surface area (Å²) >= 11 is 0. The molecule has 3 rings (SSSR count). The van der Waals surface area contributed by atoms with E-state index >= 15 is 0 Å². The van der Waals surface area contributed by atoms with Gasteiger partial charge in [-0.2, -0.15) is 0 Å². The molecule has 2 heterocycles. The lowest BCUT2D eigenvalue weighted by atomic mass is 9.95. The van der Waals surface area contributed by atoms with Crippen LogP contribution in [0.25, 0.3) is 0 Å². The molecule has 0 aromatic heterocycles. The number of nitrogens with one attached hydrogen (secondary N) is 1. The topological polar surface area (TPSA) is 24.5 Å². The first kappa shape index (κ1) is 12.9. The highest BCUT2D eigenvalue weighted by molar-refractivity contribution is 4.97. The molecule has 3 aliphatic rings. The van der Waals surface area contributed by atoms with Gasteiger partial charge >= 0.3 is 0 Å². The first-order chi connectivity index (χ1) is 8.86. The molecule has 3 heteroatoms. The number of hydrogen-bond acceptors (Lipinski definition) is 3. The lowest BCUT2D eigenvalue weighted by Crippen LogP contribution is -2.50. The minimum absolute atomic E-state index is 0.474. The van der Waals surface area contributed by atoms with Crippen LogP contribution < -0.4 is 5.32 Å². The van der Waals surface area contributed by atoms with Crippen LogP contribution in [-0.4, -0.2) is 49.8 Å². The Bertz CT molecular complexity index is 257. The van der Waals surface area contributed by atoms with E-state index in [1.807, 2.05) is 0 Å². The Morgan fingerprint density at radius 1 is 1.11 bits per heavy atom. The van der Waals surface area contributed by atoms with Gasteiger partial charge in [-0.3, -0.25) is 0 Å². The predicted molar refractivity (Wildman–Crippen MR) is 73.8 cm³/mol. The van der Waals surface area contributed by atoms with Crippen LogP contribution in [0.5, 0.6) is 0 Å².